The van der Waals surface area contributed by atoms with E-state index in [1.54, 1.807) is 0 Å². The van der Waals surface area contributed by atoms with Crippen LogP contribution in [0.3, 0.4) is 0 Å². The van der Waals surface area contributed by atoms with E-state index in [1.165, 1.54) is 0 Å². The normalized spacial score (nSPS) is 10.4. The third kappa shape index (κ3) is 23.0. The zero-order valence-electron chi connectivity index (χ0n) is 12.6. The maximum Gasteiger partial charge on any atom is 0.306 e. The van der Waals surface area contributed by atoms with E-state index in [1.807, 2.05) is 20.8 Å². The molecule has 0 aromatic rings. The molecule has 0 unspecified atom stereocenters. The van der Waals surface area contributed by atoms with Gasteiger partial charge in [-0.25, -0.2) is 0 Å². The number of alkyl halides is 2. The van der Waals surface area contributed by atoms with Gasteiger partial charge in [0.15, 0.2) is 0 Å². The maximum absolute atomic E-state index is 11.1. The third-order valence-electron chi connectivity index (χ3n) is 1.96. The molecule has 120 valence electrons. The molecule has 0 bridgehead atoms. The first-order chi connectivity index (χ1) is 9.22. The minimum atomic E-state index is -0.703. The van der Waals surface area contributed by atoms with Crippen molar-refractivity contribution >= 4 is 43.8 Å². The monoisotopic (exact) mass is 416 g/mol. The van der Waals surface area contributed by atoms with Crippen molar-refractivity contribution in [2.45, 2.75) is 64.9 Å². The first-order valence-electron chi connectivity index (χ1n) is 6.78. The molecule has 0 atom stereocenters. The zero-order chi connectivity index (χ0) is 16.0. The smallest absolute Gasteiger partial charge is 0.306 e. The first-order valence-corrected chi connectivity index (χ1v) is 9.02. The van der Waals surface area contributed by atoms with Crippen molar-refractivity contribution < 1.29 is 19.4 Å². The second-order valence-electron chi connectivity index (χ2n) is 5.27. The number of aliphatic carboxylic acids is 1. The lowest BCUT2D eigenvalue weighted by Gasteiger charge is -2.19. The molecule has 0 amide bonds. The highest BCUT2D eigenvalue weighted by Gasteiger charge is 2.15. The van der Waals surface area contributed by atoms with Gasteiger partial charge in [0.1, 0.15) is 5.60 Å². The number of ether oxygens (including phenoxy) is 1. The third-order valence-corrected chi connectivity index (χ3v) is 3.08. The van der Waals surface area contributed by atoms with Crippen LogP contribution in [0.15, 0.2) is 0 Å². The predicted molar refractivity (Wildman–Crippen MR) is 88.8 cm³/mol. The number of halogens is 2. The van der Waals surface area contributed by atoms with E-state index in [9.17, 15) is 9.59 Å². The molecule has 0 aromatic heterocycles. The molecule has 0 aliphatic rings. The van der Waals surface area contributed by atoms with E-state index < -0.39 is 5.97 Å². The molecule has 0 aliphatic carbocycles. The summed E-state index contributed by atoms with van der Waals surface area (Å²) in [6.45, 7) is 5.65. The van der Waals surface area contributed by atoms with Gasteiger partial charge in [0, 0.05) is 23.5 Å². The fourth-order valence-electron chi connectivity index (χ4n) is 1.13. The fourth-order valence-corrected chi connectivity index (χ4v) is 1.92. The first kappa shape index (κ1) is 22.2. The van der Waals surface area contributed by atoms with Crippen molar-refractivity contribution in [2.24, 2.45) is 0 Å². The summed E-state index contributed by atoms with van der Waals surface area (Å²) >= 11 is 6.52. The molecule has 0 aromatic carbocycles. The molecule has 0 rings (SSSR count). The van der Waals surface area contributed by atoms with Crippen molar-refractivity contribution in [3.8, 4) is 0 Å². The summed E-state index contributed by atoms with van der Waals surface area (Å²) in [5.74, 6) is -0.797. The Bertz CT molecular complexity index is 262. The quantitative estimate of drug-likeness (QED) is 0.358. The van der Waals surface area contributed by atoms with Crippen molar-refractivity contribution in [2.75, 3.05) is 10.7 Å². The number of carboxylic acids is 1. The molecule has 0 spiro atoms. The standard InChI is InChI=1S/C9H17BrO2.C5H9BrO2/c1-9(2,3)12-8(11)6-4-5-7-10;6-4-2-1-3-5(7)8/h4-7H2,1-3H3;1-4H2,(H,7,8). The summed E-state index contributed by atoms with van der Waals surface area (Å²) in [5.41, 5.74) is -0.342. The van der Waals surface area contributed by atoms with Gasteiger partial charge >= 0.3 is 11.9 Å². The molecule has 6 heteroatoms. The summed E-state index contributed by atoms with van der Waals surface area (Å²) in [7, 11) is 0. The highest BCUT2D eigenvalue weighted by atomic mass is 79.9. The fraction of sp³-hybridized carbons (Fsp3) is 0.857. The Morgan fingerprint density at radius 2 is 1.40 bits per heavy atom. The number of hydrogen-bond donors (Lipinski definition) is 1. The van der Waals surface area contributed by atoms with Gasteiger partial charge in [-0.1, -0.05) is 31.9 Å². The number of rotatable bonds is 8. The minimum Gasteiger partial charge on any atom is -0.481 e. The van der Waals surface area contributed by atoms with E-state index in [0.717, 1.165) is 36.3 Å². The van der Waals surface area contributed by atoms with Crippen molar-refractivity contribution in [3.63, 3.8) is 0 Å². The van der Waals surface area contributed by atoms with Gasteiger partial charge in [-0.05, 0) is 46.5 Å². The number of carbonyl (C=O) groups is 2. The van der Waals surface area contributed by atoms with Gasteiger partial charge < -0.3 is 9.84 Å². The lowest BCUT2D eigenvalue weighted by atomic mass is 10.2. The molecule has 0 radical (unpaired) electrons. The number of carbonyl (C=O) groups excluding carboxylic acids is 1. The van der Waals surface area contributed by atoms with Crippen molar-refractivity contribution in [1.29, 1.82) is 0 Å². The average Bonchev–Trinajstić information content (AvgIpc) is 2.27. The number of unbranched alkanes of at least 4 members (excludes halogenated alkanes) is 2. The van der Waals surface area contributed by atoms with Crippen LogP contribution in [-0.4, -0.2) is 33.3 Å². The summed E-state index contributed by atoms with van der Waals surface area (Å²) < 4.78 is 5.13. The molecule has 0 saturated heterocycles. The largest absolute Gasteiger partial charge is 0.481 e. The number of carboxylic acid groups (broad SMARTS) is 1. The van der Waals surface area contributed by atoms with Crippen LogP contribution in [0.1, 0.15) is 59.3 Å². The van der Waals surface area contributed by atoms with Crippen LogP contribution >= 0.6 is 31.9 Å². The Morgan fingerprint density at radius 3 is 1.75 bits per heavy atom. The lowest BCUT2D eigenvalue weighted by Crippen LogP contribution is -2.23. The summed E-state index contributed by atoms with van der Waals surface area (Å²) in [4.78, 5) is 21.0. The zero-order valence-corrected chi connectivity index (χ0v) is 15.8. The van der Waals surface area contributed by atoms with Crippen molar-refractivity contribution in [3.05, 3.63) is 0 Å². The van der Waals surface area contributed by atoms with Crippen LogP contribution in [0, 0.1) is 0 Å². The average molecular weight is 418 g/mol. The van der Waals surface area contributed by atoms with Gasteiger partial charge in [0.05, 0.1) is 0 Å². The Hall–Kier alpha value is -0.100. The highest BCUT2D eigenvalue weighted by molar-refractivity contribution is 9.09. The predicted octanol–water partition coefficient (Wildman–Crippen LogP) is 4.53. The summed E-state index contributed by atoms with van der Waals surface area (Å²) in [6, 6.07) is 0. The van der Waals surface area contributed by atoms with Crippen LogP contribution < -0.4 is 0 Å². The maximum atomic E-state index is 11.1. The Balaban J connectivity index is 0. The van der Waals surface area contributed by atoms with Gasteiger partial charge in [0.25, 0.3) is 0 Å². The molecule has 0 heterocycles. The molecule has 4 nitrogen and oxygen atoms in total. The van der Waals surface area contributed by atoms with Gasteiger partial charge in [-0.15, -0.1) is 0 Å². The van der Waals surface area contributed by atoms with E-state index in [-0.39, 0.29) is 11.6 Å². The van der Waals surface area contributed by atoms with Crippen LogP contribution in [0.2, 0.25) is 0 Å². The number of hydrogen-bond acceptors (Lipinski definition) is 3. The Kier molecular flexibility index (Phi) is 15.4. The second-order valence-corrected chi connectivity index (χ2v) is 6.86. The van der Waals surface area contributed by atoms with Crippen LogP contribution in [-0.2, 0) is 14.3 Å². The highest BCUT2D eigenvalue weighted by Crippen LogP contribution is 2.10. The SMILES string of the molecule is CC(C)(C)OC(=O)CCCCBr.O=C(O)CCCCBr. The van der Waals surface area contributed by atoms with Crippen LogP contribution in [0.25, 0.3) is 0 Å². The Labute approximate surface area is 138 Å². The topological polar surface area (TPSA) is 63.6 Å². The molecule has 1 N–H and O–H groups in total. The summed E-state index contributed by atoms with van der Waals surface area (Å²) in [6.07, 6.45) is 4.49. The van der Waals surface area contributed by atoms with E-state index in [0.29, 0.717) is 12.8 Å². The molecular weight excluding hydrogens is 392 g/mol. The lowest BCUT2D eigenvalue weighted by molar-refractivity contribution is -0.154. The van der Waals surface area contributed by atoms with Gasteiger partial charge in [-0.2, -0.15) is 0 Å². The molecule has 0 aliphatic heterocycles. The van der Waals surface area contributed by atoms with Crippen LogP contribution in [0.5, 0.6) is 0 Å². The van der Waals surface area contributed by atoms with E-state index in [4.69, 9.17) is 9.84 Å². The number of esters is 1. The van der Waals surface area contributed by atoms with Gasteiger partial charge in [-0.3, -0.25) is 9.59 Å². The second kappa shape index (κ2) is 13.9. The van der Waals surface area contributed by atoms with Crippen molar-refractivity contribution in [1.82, 2.24) is 0 Å². The minimum absolute atomic E-state index is 0.0940. The molecule has 0 saturated carbocycles. The molecule has 20 heavy (non-hydrogen) atoms. The van der Waals surface area contributed by atoms with E-state index in [2.05, 4.69) is 31.9 Å². The molecular formula is C14H26Br2O4. The summed E-state index contributed by atoms with van der Waals surface area (Å²) in [5, 5.41) is 9.98. The van der Waals surface area contributed by atoms with Gasteiger partial charge in [0.2, 0.25) is 0 Å². The van der Waals surface area contributed by atoms with Crippen LogP contribution in [0.4, 0.5) is 0 Å². The molecule has 0 fully saturated rings. The van der Waals surface area contributed by atoms with E-state index >= 15 is 0 Å². The Morgan fingerprint density at radius 1 is 0.950 bits per heavy atom.